The molecular formula is C76H77N3O18. The van der Waals surface area contributed by atoms with Crippen LogP contribution in [0.4, 0.5) is 0 Å². The first-order chi connectivity index (χ1) is 47.2. The maximum Gasteiger partial charge on any atom is 0.330 e. The highest BCUT2D eigenvalue weighted by Crippen LogP contribution is 2.46. The number of carbonyl (C=O) groups excluding carboxylic acids is 9. The van der Waals surface area contributed by atoms with Crippen molar-refractivity contribution in [2.75, 3.05) is 60.0 Å². The molecule has 0 bridgehead atoms. The molecule has 97 heavy (non-hydrogen) atoms. The van der Waals surface area contributed by atoms with Crippen LogP contribution in [0.15, 0.2) is 128 Å². The van der Waals surface area contributed by atoms with Gasteiger partial charge in [0.25, 0.3) is 35.4 Å². The summed E-state index contributed by atoms with van der Waals surface area (Å²) < 4.78 is 38.6. The van der Waals surface area contributed by atoms with Crippen molar-refractivity contribution in [1.29, 1.82) is 0 Å². The van der Waals surface area contributed by atoms with E-state index in [9.17, 15) is 43.2 Å². The van der Waals surface area contributed by atoms with Crippen LogP contribution in [0.3, 0.4) is 0 Å². The lowest BCUT2D eigenvalue weighted by molar-refractivity contribution is -0.139. The van der Waals surface area contributed by atoms with Crippen LogP contribution in [0, 0.1) is 0 Å². The van der Waals surface area contributed by atoms with Crippen LogP contribution in [0.2, 0.25) is 0 Å². The van der Waals surface area contributed by atoms with Crippen molar-refractivity contribution in [3.8, 4) is 28.7 Å². The highest BCUT2D eigenvalue weighted by Gasteiger charge is 2.43. The van der Waals surface area contributed by atoms with Crippen molar-refractivity contribution in [2.24, 2.45) is 0 Å². The van der Waals surface area contributed by atoms with E-state index < -0.39 is 11.9 Å². The second-order valence-electron chi connectivity index (χ2n) is 24.3. The molecule has 3 aliphatic heterocycles. The van der Waals surface area contributed by atoms with Crippen molar-refractivity contribution in [2.45, 2.75) is 114 Å². The van der Waals surface area contributed by atoms with E-state index in [2.05, 4.69) is 13.2 Å². The number of methoxy groups -OCH3 is 1. The topological polar surface area (TPSA) is 268 Å². The number of aliphatic hydroxyl groups is 2. The number of rotatable bonds is 22. The number of ether oxygens (including phenoxy) is 7. The number of ketones is 1. The van der Waals surface area contributed by atoms with Crippen molar-refractivity contribution in [1.82, 2.24) is 14.7 Å². The zero-order valence-electron chi connectivity index (χ0n) is 54.1. The summed E-state index contributed by atoms with van der Waals surface area (Å²) in [5.74, 6) is -1.05. The smallest absolute Gasteiger partial charge is 0.330 e. The summed E-state index contributed by atoms with van der Waals surface area (Å²) in [6, 6.07) is 28.8. The maximum atomic E-state index is 13.6. The molecule has 0 aromatic heterocycles. The molecule has 0 spiro atoms. The molecule has 0 atom stereocenters. The quantitative estimate of drug-likeness (QED) is 0.0210. The van der Waals surface area contributed by atoms with Gasteiger partial charge < -0.3 is 43.4 Å². The molecule has 6 aliphatic rings. The summed E-state index contributed by atoms with van der Waals surface area (Å²) in [4.78, 5) is 121. The van der Waals surface area contributed by atoms with E-state index >= 15 is 0 Å². The number of aliphatic hydroxyl groups excluding tert-OH is 2. The Morgan fingerprint density at radius 2 is 0.701 bits per heavy atom. The summed E-state index contributed by atoms with van der Waals surface area (Å²) in [7, 11) is 1.53. The number of nitrogens with zero attached hydrogens (tertiary/aromatic N) is 3. The fourth-order valence-corrected chi connectivity index (χ4v) is 14.1. The van der Waals surface area contributed by atoms with Crippen LogP contribution in [0.1, 0.15) is 174 Å². The molecule has 2 N–H and O–H groups in total. The van der Waals surface area contributed by atoms with Gasteiger partial charge in [0.05, 0.1) is 31.1 Å². The Kier molecular flexibility index (Phi) is 21.8. The lowest BCUT2D eigenvalue weighted by Gasteiger charge is -2.36. The minimum Gasteiger partial charge on any atom is -0.496 e. The lowest BCUT2D eigenvalue weighted by atomic mass is 9.86. The van der Waals surface area contributed by atoms with Gasteiger partial charge in [-0.15, -0.1) is 0 Å². The molecule has 504 valence electrons. The number of amides is 6. The molecule has 6 amide bonds. The van der Waals surface area contributed by atoms with Crippen LogP contribution < -0.4 is 23.7 Å². The Labute approximate surface area is 560 Å². The van der Waals surface area contributed by atoms with Gasteiger partial charge in [-0.05, 0) is 111 Å². The Morgan fingerprint density at radius 3 is 1.02 bits per heavy atom. The summed E-state index contributed by atoms with van der Waals surface area (Å²) in [6.07, 6.45) is 16.5. The molecule has 3 heterocycles. The second kappa shape index (κ2) is 31.1. The van der Waals surface area contributed by atoms with Crippen LogP contribution in [-0.4, -0.2) is 156 Å². The average molecular weight is 1320 g/mol. The SMILES string of the molecule is C=CC(=O)OCCOc1ccc2c3c(ccc(OCCOC(=O)C=C)c13)C(=O)N(C1CCCCC1)C2=O.COc1ccc2c3c(ccc(C(=O)c4ccccc4)c13)C(=O)N(C1CCCCC1)C2=O.O=C1c2ccc(OCCO)c3c(OCCO)ccc(c23)C(=O)N1C1CCCCC1. The van der Waals surface area contributed by atoms with Gasteiger partial charge in [0.1, 0.15) is 68.4 Å². The molecular weight excluding hydrogens is 1240 g/mol. The molecule has 21 heteroatoms. The van der Waals surface area contributed by atoms with Gasteiger partial charge in [-0.1, -0.05) is 101 Å². The Hall–Kier alpha value is -10.3. The zero-order chi connectivity index (χ0) is 68.3. The monoisotopic (exact) mass is 1320 g/mol. The fraction of sp³-hybridized carbons (Fsp3) is 0.355. The molecule has 0 saturated heterocycles. The fourth-order valence-electron chi connectivity index (χ4n) is 14.1. The van der Waals surface area contributed by atoms with Crippen LogP contribution in [0.25, 0.3) is 32.3 Å². The normalized spacial score (nSPS) is 16.3. The number of esters is 2. The third-order valence-corrected chi connectivity index (χ3v) is 18.5. The summed E-state index contributed by atoms with van der Waals surface area (Å²) in [5.41, 5.74) is 3.57. The van der Waals surface area contributed by atoms with Crippen LogP contribution >= 0.6 is 0 Å². The highest BCUT2D eigenvalue weighted by atomic mass is 16.6. The van der Waals surface area contributed by atoms with E-state index in [-0.39, 0.29) is 112 Å². The van der Waals surface area contributed by atoms with E-state index in [1.807, 2.05) is 18.2 Å². The molecule has 3 saturated carbocycles. The lowest BCUT2D eigenvalue weighted by Crippen LogP contribution is -2.47. The molecule has 13 rings (SSSR count). The van der Waals surface area contributed by atoms with Gasteiger partial charge in [-0.25, -0.2) is 9.59 Å². The van der Waals surface area contributed by atoms with Crippen molar-refractivity contribution < 1.29 is 86.5 Å². The largest absolute Gasteiger partial charge is 0.496 e. The first-order valence-corrected chi connectivity index (χ1v) is 33.1. The van der Waals surface area contributed by atoms with Crippen LogP contribution in [-0.2, 0) is 19.1 Å². The van der Waals surface area contributed by atoms with Crippen molar-refractivity contribution in [3.05, 3.63) is 173 Å². The van der Waals surface area contributed by atoms with Gasteiger partial charge in [0, 0.05) is 96.3 Å². The Bertz CT molecular complexity index is 4070. The first kappa shape index (κ1) is 68.1. The molecule has 7 aromatic rings. The van der Waals surface area contributed by atoms with Gasteiger partial charge in [0.2, 0.25) is 0 Å². The second-order valence-corrected chi connectivity index (χ2v) is 24.3. The van der Waals surface area contributed by atoms with Crippen molar-refractivity contribution in [3.63, 3.8) is 0 Å². The highest BCUT2D eigenvalue weighted by molar-refractivity contribution is 6.31. The van der Waals surface area contributed by atoms with Gasteiger partial charge >= 0.3 is 11.9 Å². The van der Waals surface area contributed by atoms with E-state index in [0.717, 1.165) is 108 Å². The molecule has 7 aromatic carbocycles. The predicted octanol–water partition coefficient (Wildman–Crippen LogP) is 11.5. The summed E-state index contributed by atoms with van der Waals surface area (Å²) in [5, 5.41) is 21.2. The molecule has 3 aliphatic carbocycles. The van der Waals surface area contributed by atoms with Gasteiger partial charge in [-0.3, -0.25) is 48.3 Å². The van der Waals surface area contributed by atoms with Gasteiger partial charge in [0.15, 0.2) is 5.78 Å². The summed E-state index contributed by atoms with van der Waals surface area (Å²) in [6.45, 7) is 6.56. The number of carbonyl (C=O) groups is 9. The standard InChI is InChI=1S/C28H29NO8.C26H23NO4.C22H25NO6/c1-3-23(30)36-16-14-34-21-12-10-19-25-20(28(33)29(27(19)32)18-8-6-5-7-9-18)11-13-22(26(21)25)35-15-17-37-24(31)4-2;1-31-21-15-14-20-22-19(25(29)27(26(20)30)17-10-6-3-7-11-17)13-12-18(23(21)22)24(28)16-8-4-2-5-9-16;24-10-12-28-17-8-6-15-19-16(7-9-18(20(17)19)29-13-11-25)22(27)23(21(15)26)14-4-2-1-3-5-14/h3-4,10-13,18H,1-2,5-9,14-17H2;2,4-5,8-9,12-15,17H,3,6-7,10-11H2,1H3;6-9,14,24-25H,1-5,10-13H2. The first-order valence-electron chi connectivity index (χ1n) is 33.1. The predicted molar refractivity (Wildman–Crippen MR) is 359 cm³/mol. The summed E-state index contributed by atoms with van der Waals surface area (Å²) >= 11 is 0. The van der Waals surface area contributed by atoms with E-state index in [0.29, 0.717) is 106 Å². The number of imide groups is 3. The van der Waals surface area contributed by atoms with E-state index in [1.54, 1.807) is 84.9 Å². The molecule has 0 radical (unpaired) electrons. The number of hydrogen-bond donors (Lipinski definition) is 2. The molecule has 21 nitrogen and oxygen atoms in total. The Balaban J connectivity index is 0.000000149. The average Bonchev–Trinajstić information content (AvgIpc) is 0.741. The molecule has 0 unspecified atom stereocenters. The van der Waals surface area contributed by atoms with Crippen LogP contribution in [0.5, 0.6) is 28.7 Å². The van der Waals surface area contributed by atoms with E-state index in [4.69, 9.17) is 43.4 Å². The Morgan fingerprint density at radius 1 is 0.392 bits per heavy atom. The van der Waals surface area contributed by atoms with Gasteiger partial charge in [-0.2, -0.15) is 0 Å². The minimum atomic E-state index is -0.572. The minimum absolute atomic E-state index is 0.0190. The zero-order valence-corrected chi connectivity index (χ0v) is 54.1. The number of benzene rings is 7. The van der Waals surface area contributed by atoms with E-state index in [1.165, 1.54) is 21.8 Å². The third kappa shape index (κ3) is 13.9. The number of hydrogen-bond acceptors (Lipinski definition) is 18. The molecule has 3 fully saturated rings. The van der Waals surface area contributed by atoms with Crippen molar-refractivity contribution >= 4 is 85.5 Å². The maximum absolute atomic E-state index is 13.6. The third-order valence-electron chi connectivity index (χ3n) is 18.5.